The van der Waals surface area contributed by atoms with Crippen molar-refractivity contribution in [2.75, 3.05) is 18.4 Å². The van der Waals surface area contributed by atoms with Crippen LogP contribution in [0.1, 0.15) is 29.6 Å². The van der Waals surface area contributed by atoms with Gasteiger partial charge in [-0.25, -0.2) is 8.42 Å². The number of anilines is 1. The Labute approximate surface area is 156 Å². The van der Waals surface area contributed by atoms with Gasteiger partial charge in [0, 0.05) is 30.9 Å². The molecule has 0 unspecified atom stereocenters. The fraction of sp³-hybridized carbons (Fsp3) is 0.353. The summed E-state index contributed by atoms with van der Waals surface area (Å²) in [7, 11) is -3.54. The Balaban J connectivity index is 1.68. The lowest BCUT2D eigenvalue weighted by molar-refractivity contribution is -0.137. The Kier molecular flexibility index (Phi) is 5.57. The van der Waals surface area contributed by atoms with Gasteiger partial charge in [-0.15, -0.1) is 0 Å². The van der Waals surface area contributed by atoms with Crippen LogP contribution in [-0.4, -0.2) is 52.6 Å². The van der Waals surface area contributed by atoms with Crippen LogP contribution in [-0.2, 0) is 21.4 Å². The Bertz CT molecular complexity index is 930. The Morgan fingerprint density at radius 3 is 2.37 bits per heavy atom. The lowest BCUT2D eigenvalue weighted by Crippen LogP contribution is -2.35. The number of aromatic nitrogens is 2. The third-order valence-electron chi connectivity index (χ3n) is 4.25. The number of nitrogens with one attached hydrogen (secondary N) is 1. The topological polar surface area (TPSA) is 122 Å². The maximum Gasteiger partial charge on any atom is 0.325 e. The van der Waals surface area contributed by atoms with Gasteiger partial charge >= 0.3 is 5.97 Å². The predicted molar refractivity (Wildman–Crippen MR) is 96.9 cm³/mol. The van der Waals surface area contributed by atoms with E-state index in [0.29, 0.717) is 13.1 Å². The smallest absolute Gasteiger partial charge is 0.325 e. The molecule has 0 atom stereocenters. The Hall–Kier alpha value is -2.72. The van der Waals surface area contributed by atoms with Crippen molar-refractivity contribution in [1.82, 2.24) is 14.1 Å². The highest BCUT2D eigenvalue weighted by Crippen LogP contribution is 2.21. The molecule has 1 saturated heterocycles. The zero-order valence-corrected chi connectivity index (χ0v) is 15.4. The molecule has 2 heterocycles. The fourth-order valence-corrected chi connectivity index (χ4v) is 4.39. The first-order chi connectivity index (χ1) is 12.9. The number of aliphatic carboxylic acids is 1. The van der Waals surface area contributed by atoms with Crippen molar-refractivity contribution in [3.8, 4) is 0 Å². The lowest BCUT2D eigenvalue weighted by Gasteiger charge is -2.25. The predicted octanol–water partition coefficient (Wildman–Crippen LogP) is 1.39. The highest BCUT2D eigenvalue weighted by molar-refractivity contribution is 7.89. The quantitative estimate of drug-likeness (QED) is 0.766. The van der Waals surface area contributed by atoms with E-state index in [-0.39, 0.29) is 22.8 Å². The molecule has 0 bridgehead atoms. The van der Waals surface area contributed by atoms with Gasteiger partial charge in [-0.3, -0.25) is 14.3 Å². The molecule has 1 amide bonds. The molecule has 144 valence electrons. The van der Waals surface area contributed by atoms with Gasteiger partial charge in [0.2, 0.25) is 10.0 Å². The van der Waals surface area contributed by atoms with Gasteiger partial charge in [0.1, 0.15) is 6.54 Å². The molecule has 1 aromatic heterocycles. The van der Waals surface area contributed by atoms with Crippen molar-refractivity contribution in [2.45, 2.75) is 30.7 Å². The number of carbonyl (C=O) groups is 2. The number of piperidine rings is 1. The number of rotatable bonds is 6. The molecule has 3 rings (SSSR count). The average Bonchev–Trinajstić information content (AvgIpc) is 3.08. The summed E-state index contributed by atoms with van der Waals surface area (Å²) in [5.74, 6) is -1.29. The minimum Gasteiger partial charge on any atom is -0.480 e. The molecule has 1 aromatic carbocycles. The largest absolute Gasteiger partial charge is 0.480 e. The van der Waals surface area contributed by atoms with Crippen molar-refractivity contribution < 1.29 is 23.1 Å². The van der Waals surface area contributed by atoms with Crippen molar-refractivity contribution >= 4 is 27.7 Å². The monoisotopic (exact) mass is 392 g/mol. The van der Waals surface area contributed by atoms with E-state index in [2.05, 4.69) is 10.4 Å². The molecular formula is C17H20N4O5S. The maximum atomic E-state index is 12.6. The first kappa shape index (κ1) is 19.1. The molecule has 0 saturated carbocycles. The van der Waals surface area contributed by atoms with E-state index in [9.17, 15) is 18.0 Å². The summed E-state index contributed by atoms with van der Waals surface area (Å²) in [4.78, 5) is 23.1. The second-order valence-corrected chi connectivity index (χ2v) is 8.17. The summed E-state index contributed by atoms with van der Waals surface area (Å²) in [5, 5.41) is 15.2. The first-order valence-electron chi connectivity index (χ1n) is 8.53. The number of nitrogens with zero attached hydrogens (tertiary/aromatic N) is 3. The zero-order chi connectivity index (χ0) is 19.4. The highest BCUT2D eigenvalue weighted by Gasteiger charge is 2.25. The molecule has 2 N–H and O–H groups in total. The fourth-order valence-electron chi connectivity index (χ4n) is 2.88. The van der Waals surface area contributed by atoms with Gasteiger partial charge in [-0.1, -0.05) is 6.42 Å². The number of amides is 1. The second-order valence-electron chi connectivity index (χ2n) is 6.24. The van der Waals surface area contributed by atoms with Crippen LogP contribution in [0, 0.1) is 0 Å². The molecule has 9 nitrogen and oxygen atoms in total. The second kappa shape index (κ2) is 7.89. The Morgan fingerprint density at radius 2 is 1.74 bits per heavy atom. The van der Waals surface area contributed by atoms with Crippen molar-refractivity contribution in [1.29, 1.82) is 0 Å². The van der Waals surface area contributed by atoms with Gasteiger partial charge in [-0.2, -0.15) is 9.40 Å². The maximum absolute atomic E-state index is 12.6. The van der Waals surface area contributed by atoms with E-state index in [1.54, 1.807) is 0 Å². The van der Waals surface area contributed by atoms with E-state index < -0.39 is 21.9 Å². The highest BCUT2D eigenvalue weighted by atomic mass is 32.2. The van der Waals surface area contributed by atoms with Gasteiger partial charge in [0.25, 0.3) is 5.91 Å². The third-order valence-corrected chi connectivity index (χ3v) is 6.16. The van der Waals surface area contributed by atoms with Gasteiger partial charge in [-0.05, 0) is 37.1 Å². The molecule has 1 fully saturated rings. The zero-order valence-electron chi connectivity index (χ0n) is 14.5. The molecule has 0 radical (unpaired) electrons. The van der Waals surface area contributed by atoms with E-state index in [0.717, 1.165) is 19.3 Å². The van der Waals surface area contributed by atoms with Crippen LogP contribution in [0.5, 0.6) is 0 Å². The van der Waals surface area contributed by atoms with E-state index in [1.807, 2.05) is 0 Å². The van der Waals surface area contributed by atoms with E-state index in [4.69, 9.17) is 5.11 Å². The molecule has 27 heavy (non-hydrogen) atoms. The number of hydrogen-bond acceptors (Lipinski definition) is 5. The minimum atomic E-state index is -3.54. The summed E-state index contributed by atoms with van der Waals surface area (Å²) < 4.78 is 27.9. The summed E-state index contributed by atoms with van der Waals surface area (Å²) in [6.45, 7) is 0.728. The van der Waals surface area contributed by atoms with E-state index in [1.165, 1.54) is 45.5 Å². The summed E-state index contributed by atoms with van der Waals surface area (Å²) in [5.41, 5.74) is 0.278. The van der Waals surface area contributed by atoms with Crippen LogP contribution in [0.25, 0.3) is 0 Å². The lowest BCUT2D eigenvalue weighted by atomic mass is 10.2. The van der Waals surface area contributed by atoms with Crippen LogP contribution >= 0.6 is 0 Å². The van der Waals surface area contributed by atoms with Crippen molar-refractivity contribution in [2.24, 2.45) is 0 Å². The minimum absolute atomic E-state index is 0.159. The molecule has 2 aromatic rings. The van der Waals surface area contributed by atoms with Gasteiger partial charge in [0.05, 0.1) is 4.90 Å². The molecule has 0 spiro atoms. The molecule has 0 aliphatic carbocycles. The van der Waals surface area contributed by atoms with Crippen molar-refractivity contribution in [3.63, 3.8) is 0 Å². The van der Waals surface area contributed by atoms with Crippen LogP contribution < -0.4 is 5.32 Å². The number of sulfonamides is 1. The number of hydrogen-bond donors (Lipinski definition) is 2. The number of carboxylic acids is 1. The molecular weight excluding hydrogens is 372 g/mol. The number of carboxylic acid groups (broad SMARTS) is 1. The molecule has 1 aliphatic heterocycles. The van der Waals surface area contributed by atoms with Crippen molar-refractivity contribution in [3.05, 3.63) is 42.1 Å². The third kappa shape index (κ3) is 4.52. The summed E-state index contributed by atoms with van der Waals surface area (Å²) in [6, 6.07) is 7.21. The van der Waals surface area contributed by atoms with E-state index >= 15 is 0 Å². The van der Waals surface area contributed by atoms with Gasteiger partial charge in [0.15, 0.2) is 5.82 Å². The first-order valence-corrected chi connectivity index (χ1v) is 9.97. The number of benzene rings is 1. The standard InChI is InChI=1S/C17H20N4O5S/c22-16(23)12-20-11-8-15(19-20)18-17(24)13-4-6-14(7-5-13)27(25,26)21-9-2-1-3-10-21/h4-8,11H,1-3,9-10,12H2,(H,22,23)(H,18,19,24). The van der Waals surface area contributed by atoms with Crippen LogP contribution in [0.2, 0.25) is 0 Å². The summed E-state index contributed by atoms with van der Waals surface area (Å²) in [6.07, 6.45) is 4.19. The molecule has 1 aliphatic rings. The van der Waals surface area contributed by atoms with Crippen LogP contribution in [0.4, 0.5) is 5.82 Å². The molecule has 10 heteroatoms. The average molecular weight is 392 g/mol. The number of carbonyl (C=O) groups excluding carboxylic acids is 1. The van der Waals surface area contributed by atoms with Gasteiger partial charge < -0.3 is 10.4 Å². The SMILES string of the molecule is O=C(O)Cn1ccc(NC(=O)c2ccc(S(=O)(=O)N3CCCCC3)cc2)n1. The Morgan fingerprint density at radius 1 is 1.07 bits per heavy atom. The van der Waals surface area contributed by atoms with Crippen LogP contribution in [0.15, 0.2) is 41.4 Å². The summed E-state index contributed by atoms with van der Waals surface area (Å²) >= 11 is 0. The normalized spacial score (nSPS) is 15.4. The van der Waals surface area contributed by atoms with Crippen LogP contribution in [0.3, 0.4) is 0 Å².